The molecule has 0 amide bonds. The monoisotopic (exact) mass is 664 g/mol. The first-order valence-corrected chi connectivity index (χ1v) is 10.5. The largest absolute Gasteiger partial charge is 4.00 e. The van der Waals surface area contributed by atoms with Gasteiger partial charge in [0, 0.05) is 35.6 Å². The van der Waals surface area contributed by atoms with Gasteiger partial charge in [-0.1, -0.05) is 67.5 Å². The van der Waals surface area contributed by atoms with Crippen LogP contribution in [0.4, 0.5) is 0 Å². The number of aromatic nitrogens is 2. The number of pyridine rings is 2. The molecule has 4 rings (SSSR count). The summed E-state index contributed by atoms with van der Waals surface area (Å²) in [5.74, 6) is 13.7. The molecule has 0 N–H and O–H groups in total. The van der Waals surface area contributed by atoms with Crippen molar-refractivity contribution in [3.8, 4) is 0 Å². The van der Waals surface area contributed by atoms with Gasteiger partial charge >= 0.3 is 31.1 Å². The summed E-state index contributed by atoms with van der Waals surface area (Å²) in [5, 5.41) is 0. The molecule has 33 heavy (non-hydrogen) atoms. The Morgan fingerprint density at radius 2 is 0.697 bits per heavy atom. The van der Waals surface area contributed by atoms with Crippen LogP contribution in [0.5, 0.6) is 0 Å². The third-order valence-electron chi connectivity index (χ3n) is 6.72. The van der Waals surface area contributed by atoms with Gasteiger partial charge in [0.15, 0.2) is 0 Å². The summed E-state index contributed by atoms with van der Waals surface area (Å²) in [5.41, 5.74) is 2.17. The summed E-state index contributed by atoms with van der Waals surface area (Å²) < 4.78 is 0. The van der Waals surface area contributed by atoms with Gasteiger partial charge in [-0.05, 0) is 71.6 Å². The van der Waals surface area contributed by atoms with E-state index in [-0.39, 0.29) is 46.0 Å². The molecule has 2 saturated carbocycles. The van der Waals surface area contributed by atoms with Crippen molar-refractivity contribution in [3.05, 3.63) is 134 Å². The molecular weight excluding hydrogens is 626 g/mol. The van der Waals surface area contributed by atoms with Crippen LogP contribution in [-0.4, -0.2) is 9.97 Å². The number of nitrogens with zero attached hydrogens (tertiary/aromatic N) is 2. The van der Waals surface area contributed by atoms with Gasteiger partial charge in [0.05, 0.1) is 0 Å². The van der Waals surface area contributed by atoms with E-state index in [0.29, 0.717) is 0 Å². The Hall–Kier alpha value is -0.648. The van der Waals surface area contributed by atoms with Gasteiger partial charge in [0.2, 0.25) is 0 Å². The van der Waals surface area contributed by atoms with Crippen LogP contribution in [0.2, 0.25) is 0 Å². The summed E-state index contributed by atoms with van der Waals surface area (Å²) in [6.07, 6.45) is 3.71. The van der Waals surface area contributed by atoms with Crippen LogP contribution in [0.25, 0.3) is 0 Å². The van der Waals surface area contributed by atoms with E-state index in [4.69, 9.17) is 0 Å². The van der Waals surface area contributed by atoms with Crippen LogP contribution < -0.4 is 0 Å². The summed E-state index contributed by atoms with van der Waals surface area (Å²) in [7, 11) is 0. The van der Waals surface area contributed by atoms with Crippen LogP contribution in [-0.2, 0) is 0 Å². The summed E-state index contributed by atoms with van der Waals surface area (Å²) in [6.45, 7) is 17.5. The van der Waals surface area contributed by atoms with Gasteiger partial charge in [0.25, 0.3) is 0 Å². The van der Waals surface area contributed by atoms with Gasteiger partial charge in [-0.2, -0.15) is 0 Å². The Bertz CT molecular complexity index is 685. The SMILES string of the molecule is C[C]1[C](C)[C](C)[C](c2ccccn2)[C]1C.C[C]1[C](C)[C](C)[C](c2ccccn2)[C]1C.[CH3-].[CH3-].[U+4]. The first-order valence-electron chi connectivity index (χ1n) is 10.5. The van der Waals surface area contributed by atoms with E-state index in [2.05, 4.69) is 77.5 Å². The van der Waals surface area contributed by atoms with Gasteiger partial charge in [-0.15, -0.1) is 0 Å². The maximum absolute atomic E-state index is 4.43. The zero-order chi connectivity index (χ0) is 22.0. The standard InChI is InChI=1S/2C14H16N.2CH3.U/c2*1-9-10(2)12(4)14(11(9)3)13-7-5-6-8-15-13;;;/h2*5-8H,1-4H3;2*1H3;/q;;2*-1;+4. The molecule has 3 heteroatoms. The quantitative estimate of drug-likeness (QED) is 0.308. The van der Waals surface area contributed by atoms with E-state index in [0.717, 1.165) is 11.4 Å². The Morgan fingerprint density at radius 1 is 0.424 bits per heavy atom. The zero-order valence-electron chi connectivity index (χ0n) is 22.0. The summed E-state index contributed by atoms with van der Waals surface area (Å²) in [4.78, 5) is 8.85. The average Bonchev–Trinajstić information content (AvgIpc) is 3.08. The van der Waals surface area contributed by atoms with Crippen molar-refractivity contribution in [2.24, 2.45) is 0 Å². The minimum Gasteiger partial charge on any atom is -0.358 e. The summed E-state index contributed by atoms with van der Waals surface area (Å²) >= 11 is 0. The van der Waals surface area contributed by atoms with E-state index < -0.39 is 0 Å². The molecule has 10 radical (unpaired) electrons. The molecule has 2 heterocycles. The van der Waals surface area contributed by atoms with Crippen molar-refractivity contribution in [2.45, 2.75) is 55.4 Å². The molecule has 0 unspecified atom stereocenters. The second-order valence-electron chi connectivity index (χ2n) is 8.18. The molecule has 0 bridgehead atoms. The second kappa shape index (κ2) is 14.0. The average molecular weight is 665 g/mol. The first kappa shape index (κ1) is 32.4. The van der Waals surface area contributed by atoms with Crippen molar-refractivity contribution in [2.75, 3.05) is 0 Å². The van der Waals surface area contributed by atoms with Crippen molar-refractivity contribution in [1.82, 2.24) is 9.97 Å². The first-order chi connectivity index (χ1) is 14.3. The van der Waals surface area contributed by atoms with Crippen LogP contribution in [0.1, 0.15) is 66.8 Å². The molecule has 2 fully saturated rings. The Kier molecular flexibility index (Phi) is 13.8. The molecule has 2 aromatic rings. The van der Waals surface area contributed by atoms with Gasteiger partial charge in [-0.25, -0.2) is 0 Å². The molecule has 0 aromatic carbocycles. The zero-order valence-corrected chi connectivity index (χ0v) is 26.2. The molecule has 2 aromatic heterocycles. The third kappa shape index (κ3) is 6.73. The molecule has 0 saturated heterocycles. The molecule has 2 aliphatic rings. The molecule has 0 aliphatic heterocycles. The van der Waals surface area contributed by atoms with Crippen molar-refractivity contribution in [3.63, 3.8) is 0 Å². The topological polar surface area (TPSA) is 25.8 Å². The second-order valence-corrected chi connectivity index (χ2v) is 8.18. The predicted octanol–water partition coefficient (Wildman–Crippen LogP) is 7.69. The molecule has 2 aliphatic carbocycles. The van der Waals surface area contributed by atoms with Gasteiger partial charge in [-0.3, -0.25) is 9.97 Å². The van der Waals surface area contributed by atoms with E-state index in [9.17, 15) is 0 Å². The van der Waals surface area contributed by atoms with Crippen molar-refractivity contribution in [1.29, 1.82) is 0 Å². The Labute approximate surface area is 229 Å². The van der Waals surface area contributed by atoms with Crippen LogP contribution >= 0.6 is 0 Å². The van der Waals surface area contributed by atoms with Crippen LogP contribution in [0, 0.1) is 105 Å². The fourth-order valence-electron chi connectivity index (χ4n) is 4.23. The Balaban J connectivity index is 0.000000569. The van der Waals surface area contributed by atoms with E-state index >= 15 is 0 Å². The van der Waals surface area contributed by atoms with E-state index in [1.54, 1.807) is 0 Å². The van der Waals surface area contributed by atoms with Crippen molar-refractivity contribution >= 4 is 0 Å². The van der Waals surface area contributed by atoms with E-state index in [1.165, 1.54) is 59.2 Å². The maximum atomic E-state index is 4.43. The van der Waals surface area contributed by atoms with Gasteiger partial charge < -0.3 is 14.9 Å². The normalized spacial score (nSPS) is 20.6. The van der Waals surface area contributed by atoms with Crippen LogP contribution in [0.15, 0.2) is 48.8 Å². The number of hydrogen-bond donors (Lipinski definition) is 0. The fourth-order valence-corrected chi connectivity index (χ4v) is 4.23. The molecule has 2 nitrogen and oxygen atoms in total. The van der Waals surface area contributed by atoms with Gasteiger partial charge in [0.1, 0.15) is 0 Å². The third-order valence-corrected chi connectivity index (χ3v) is 6.72. The smallest absolute Gasteiger partial charge is 0.358 e. The summed E-state index contributed by atoms with van der Waals surface area (Å²) in [6, 6.07) is 12.1. The molecule has 170 valence electrons. The Morgan fingerprint density at radius 3 is 0.909 bits per heavy atom. The van der Waals surface area contributed by atoms with Crippen molar-refractivity contribution < 1.29 is 31.1 Å². The fraction of sp³-hybridized carbons (Fsp3) is 0.267. The minimum atomic E-state index is 0. The maximum Gasteiger partial charge on any atom is 4.00 e. The number of rotatable bonds is 2. The molecule has 0 spiro atoms. The minimum absolute atomic E-state index is 0. The predicted molar refractivity (Wildman–Crippen MR) is 137 cm³/mol. The number of hydrogen-bond acceptors (Lipinski definition) is 2. The van der Waals surface area contributed by atoms with Crippen LogP contribution in [0.3, 0.4) is 0 Å². The molecular formula is C30H38N2U+2. The van der Waals surface area contributed by atoms with E-state index in [1.807, 2.05) is 36.7 Å². The molecule has 0 atom stereocenters.